The highest BCUT2D eigenvalue weighted by Crippen LogP contribution is 2.30. The van der Waals surface area contributed by atoms with Gasteiger partial charge in [-0.15, -0.1) is 0 Å². The molecule has 1 aliphatic carbocycles. The largest absolute Gasteiger partial charge is 0.368 e. The summed E-state index contributed by atoms with van der Waals surface area (Å²) in [7, 11) is 6.33. The first-order valence-electron chi connectivity index (χ1n) is 7.81. The van der Waals surface area contributed by atoms with E-state index in [-0.39, 0.29) is 5.91 Å². The Hall–Kier alpha value is -0.650. The first kappa shape index (κ1) is 17.4. The predicted octanol–water partition coefficient (Wildman–Crippen LogP) is 0.646. The zero-order chi connectivity index (χ0) is 15.2. The van der Waals surface area contributed by atoms with Gasteiger partial charge in [0, 0.05) is 19.1 Å². The number of primary amides is 1. The minimum atomic E-state index is -0.495. The number of hydrogen-bond donors (Lipinski definition) is 2. The standard InChI is InChI=1S/C15H32N4O/c1-5-9-17-15(14(16)20)8-6-7-13(12-15)19(4)11-10-18(2)3/h13,17H,5-12H2,1-4H3,(H2,16,20). The van der Waals surface area contributed by atoms with Crippen molar-refractivity contribution in [2.24, 2.45) is 5.73 Å². The van der Waals surface area contributed by atoms with E-state index in [2.05, 4.69) is 43.2 Å². The van der Waals surface area contributed by atoms with Crippen LogP contribution >= 0.6 is 0 Å². The highest BCUT2D eigenvalue weighted by atomic mass is 16.1. The van der Waals surface area contributed by atoms with Gasteiger partial charge in [0.2, 0.25) is 5.91 Å². The van der Waals surface area contributed by atoms with E-state index in [1.807, 2.05) is 0 Å². The summed E-state index contributed by atoms with van der Waals surface area (Å²) in [6.07, 6.45) is 4.96. The van der Waals surface area contributed by atoms with Crippen LogP contribution in [-0.4, -0.2) is 68.1 Å². The maximum atomic E-state index is 11.9. The van der Waals surface area contributed by atoms with Crippen LogP contribution in [-0.2, 0) is 4.79 Å². The Morgan fingerprint density at radius 2 is 2.05 bits per heavy atom. The molecule has 118 valence electrons. The molecule has 1 rings (SSSR count). The Kier molecular flexibility index (Phi) is 6.92. The number of nitrogens with zero attached hydrogens (tertiary/aromatic N) is 2. The second kappa shape index (κ2) is 7.96. The van der Waals surface area contributed by atoms with Crippen molar-refractivity contribution in [1.29, 1.82) is 0 Å². The molecule has 1 fully saturated rings. The normalized spacial score (nSPS) is 27.2. The lowest BCUT2D eigenvalue weighted by Gasteiger charge is -2.42. The van der Waals surface area contributed by atoms with Gasteiger partial charge in [0.05, 0.1) is 5.54 Å². The Balaban J connectivity index is 2.64. The van der Waals surface area contributed by atoms with Gasteiger partial charge in [-0.1, -0.05) is 6.92 Å². The van der Waals surface area contributed by atoms with Crippen LogP contribution in [0.25, 0.3) is 0 Å². The van der Waals surface area contributed by atoms with Gasteiger partial charge in [0.15, 0.2) is 0 Å². The van der Waals surface area contributed by atoms with E-state index in [0.717, 1.165) is 51.7 Å². The molecule has 1 saturated carbocycles. The number of carbonyl (C=O) groups is 1. The molecule has 0 aromatic heterocycles. The van der Waals surface area contributed by atoms with Crippen LogP contribution < -0.4 is 11.1 Å². The fraction of sp³-hybridized carbons (Fsp3) is 0.933. The van der Waals surface area contributed by atoms with Crippen molar-refractivity contribution in [2.45, 2.75) is 50.6 Å². The van der Waals surface area contributed by atoms with E-state index in [0.29, 0.717) is 6.04 Å². The molecule has 2 atom stereocenters. The summed E-state index contributed by atoms with van der Waals surface area (Å²) in [6, 6.07) is 0.445. The van der Waals surface area contributed by atoms with Crippen LogP contribution in [0.4, 0.5) is 0 Å². The molecule has 0 aromatic carbocycles. The van der Waals surface area contributed by atoms with Crippen LogP contribution in [0.2, 0.25) is 0 Å². The van der Waals surface area contributed by atoms with Crippen molar-refractivity contribution >= 4 is 5.91 Å². The number of nitrogens with two attached hydrogens (primary N) is 1. The van der Waals surface area contributed by atoms with Gasteiger partial charge in [-0.3, -0.25) is 4.79 Å². The summed E-state index contributed by atoms with van der Waals surface area (Å²) in [5, 5.41) is 3.42. The van der Waals surface area contributed by atoms with Gasteiger partial charge in [-0.25, -0.2) is 0 Å². The van der Waals surface area contributed by atoms with E-state index in [1.54, 1.807) is 0 Å². The third-order valence-electron chi connectivity index (χ3n) is 4.43. The number of likely N-dealkylation sites (N-methyl/N-ethyl adjacent to an activating group) is 2. The zero-order valence-electron chi connectivity index (χ0n) is 13.6. The SMILES string of the molecule is CCCNC1(C(N)=O)CCCC(N(C)CCN(C)C)C1. The molecule has 0 radical (unpaired) electrons. The lowest BCUT2D eigenvalue weighted by Crippen LogP contribution is -2.60. The number of carbonyl (C=O) groups excluding carboxylic acids is 1. The van der Waals surface area contributed by atoms with Crippen molar-refractivity contribution < 1.29 is 4.79 Å². The highest BCUT2D eigenvalue weighted by Gasteiger charge is 2.41. The molecular weight excluding hydrogens is 252 g/mol. The molecule has 5 heteroatoms. The summed E-state index contributed by atoms with van der Waals surface area (Å²) in [5.74, 6) is -0.184. The summed E-state index contributed by atoms with van der Waals surface area (Å²) in [5.41, 5.74) is 5.20. The van der Waals surface area contributed by atoms with Crippen LogP contribution in [0.3, 0.4) is 0 Å². The molecule has 0 aliphatic heterocycles. The average molecular weight is 284 g/mol. The van der Waals surface area contributed by atoms with Crippen LogP contribution in [0.5, 0.6) is 0 Å². The van der Waals surface area contributed by atoms with E-state index < -0.39 is 5.54 Å². The minimum Gasteiger partial charge on any atom is -0.368 e. The Morgan fingerprint density at radius 1 is 1.35 bits per heavy atom. The van der Waals surface area contributed by atoms with Crippen molar-refractivity contribution in [3.8, 4) is 0 Å². The van der Waals surface area contributed by atoms with Gasteiger partial charge >= 0.3 is 0 Å². The zero-order valence-corrected chi connectivity index (χ0v) is 13.6. The first-order valence-corrected chi connectivity index (χ1v) is 7.81. The number of amides is 1. The van der Waals surface area contributed by atoms with E-state index in [1.165, 1.54) is 0 Å². The lowest BCUT2D eigenvalue weighted by atomic mass is 9.77. The lowest BCUT2D eigenvalue weighted by molar-refractivity contribution is -0.126. The van der Waals surface area contributed by atoms with E-state index in [4.69, 9.17) is 5.73 Å². The molecule has 0 bridgehead atoms. The van der Waals surface area contributed by atoms with Gasteiger partial charge in [-0.2, -0.15) is 0 Å². The predicted molar refractivity (Wildman–Crippen MR) is 83.7 cm³/mol. The highest BCUT2D eigenvalue weighted by molar-refractivity contribution is 5.84. The molecule has 20 heavy (non-hydrogen) atoms. The second-order valence-corrected chi connectivity index (χ2v) is 6.41. The fourth-order valence-electron chi connectivity index (χ4n) is 3.00. The summed E-state index contributed by atoms with van der Waals surface area (Å²) >= 11 is 0. The quantitative estimate of drug-likeness (QED) is 0.687. The van der Waals surface area contributed by atoms with Crippen LogP contribution in [0, 0.1) is 0 Å². The molecule has 0 spiro atoms. The minimum absolute atomic E-state index is 0.184. The molecular formula is C15H32N4O. The maximum Gasteiger partial charge on any atom is 0.237 e. The molecule has 3 N–H and O–H groups in total. The van der Waals surface area contributed by atoms with Crippen LogP contribution in [0.15, 0.2) is 0 Å². The average Bonchev–Trinajstić information content (AvgIpc) is 2.42. The fourth-order valence-corrected chi connectivity index (χ4v) is 3.00. The smallest absolute Gasteiger partial charge is 0.237 e. The van der Waals surface area contributed by atoms with E-state index in [9.17, 15) is 4.79 Å². The van der Waals surface area contributed by atoms with E-state index >= 15 is 0 Å². The molecule has 0 aromatic rings. The van der Waals surface area contributed by atoms with Crippen LogP contribution in [0.1, 0.15) is 39.0 Å². The van der Waals surface area contributed by atoms with Crippen molar-refractivity contribution in [3.63, 3.8) is 0 Å². The Labute approximate surface area is 123 Å². The maximum absolute atomic E-state index is 11.9. The molecule has 0 heterocycles. The monoisotopic (exact) mass is 284 g/mol. The molecule has 0 saturated heterocycles. The van der Waals surface area contributed by atoms with Gasteiger partial charge in [0.25, 0.3) is 0 Å². The molecule has 1 amide bonds. The molecule has 5 nitrogen and oxygen atoms in total. The summed E-state index contributed by atoms with van der Waals surface area (Å²) in [4.78, 5) is 16.5. The number of hydrogen-bond acceptors (Lipinski definition) is 4. The third-order valence-corrected chi connectivity index (χ3v) is 4.43. The van der Waals surface area contributed by atoms with Gasteiger partial charge in [-0.05, 0) is 59.8 Å². The second-order valence-electron chi connectivity index (χ2n) is 6.41. The summed E-state index contributed by atoms with van der Waals surface area (Å²) in [6.45, 7) is 5.04. The van der Waals surface area contributed by atoms with Gasteiger partial charge in [0.1, 0.15) is 0 Å². The number of nitrogens with one attached hydrogen (secondary N) is 1. The van der Waals surface area contributed by atoms with Crippen molar-refractivity contribution in [3.05, 3.63) is 0 Å². The topological polar surface area (TPSA) is 61.6 Å². The number of rotatable bonds is 8. The van der Waals surface area contributed by atoms with Crippen molar-refractivity contribution in [1.82, 2.24) is 15.1 Å². The third kappa shape index (κ3) is 4.72. The Bertz CT molecular complexity index is 308. The van der Waals surface area contributed by atoms with Crippen molar-refractivity contribution in [2.75, 3.05) is 40.8 Å². The first-order chi connectivity index (χ1) is 9.41. The summed E-state index contributed by atoms with van der Waals surface area (Å²) < 4.78 is 0. The molecule has 1 aliphatic rings. The Morgan fingerprint density at radius 3 is 2.60 bits per heavy atom. The molecule has 2 unspecified atom stereocenters. The van der Waals surface area contributed by atoms with Gasteiger partial charge < -0.3 is 20.9 Å².